The van der Waals surface area contributed by atoms with Crippen LogP contribution in [0.25, 0.3) is 0 Å². The topological polar surface area (TPSA) is 77.8 Å². The summed E-state index contributed by atoms with van der Waals surface area (Å²) in [6, 6.07) is 13.0. The van der Waals surface area contributed by atoms with Gasteiger partial charge in [-0.15, -0.1) is 0 Å². The van der Waals surface area contributed by atoms with E-state index < -0.39 is 12.0 Å². The molecular formula is C17H15NO4. The fourth-order valence-electron chi connectivity index (χ4n) is 2.80. The van der Waals surface area contributed by atoms with Crippen molar-refractivity contribution in [2.75, 3.05) is 0 Å². The third-order valence-corrected chi connectivity index (χ3v) is 3.87. The molecule has 0 bridgehead atoms. The molecule has 5 nitrogen and oxygen atoms in total. The fraction of sp³-hybridized carbons (Fsp3) is 0.176. The number of phenols is 1. The van der Waals surface area contributed by atoms with E-state index in [1.807, 2.05) is 12.1 Å². The van der Waals surface area contributed by atoms with Crippen LogP contribution in [0.4, 0.5) is 0 Å². The molecule has 1 atom stereocenters. The number of hydrogen-bond donors (Lipinski definition) is 2. The first-order chi connectivity index (χ1) is 10.6. The highest BCUT2D eigenvalue weighted by molar-refractivity contribution is 5.98. The van der Waals surface area contributed by atoms with E-state index in [-0.39, 0.29) is 18.1 Å². The van der Waals surface area contributed by atoms with Crippen LogP contribution in [0.3, 0.4) is 0 Å². The number of aliphatic carboxylic acids is 1. The fourth-order valence-corrected chi connectivity index (χ4v) is 2.80. The standard InChI is InChI=1S/C17H15NO4/c19-13-7-5-11(6-8-13)15(9-16(20)21)18-10-12-3-1-2-4-14(12)17(18)22/h1-8,15,19H,9-10H2,(H,20,21)/t15-/m0/s1. The summed E-state index contributed by atoms with van der Waals surface area (Å²) >= 11 is 0. The summed E-state index contributed by atoms with van der Waals surface area (Å²) in [4.78, 5) is 25.3. The summed E-state index contributed by atoms with van der Waals surface area (Å²) < 4.78 is 0. The summed E-state index contributed by atoms with van der Waals surface area (Å²) in [6.45, 7) is 0.397. The minimum atomic E-state index is -0.971. The van der Waals surface area contributed by atoms with Crippen molar-refractivity contribution in [1.29, 1.82) is 0 Å². The zero-order valence-electron chi connectivity index (χ0n) is 11.8. The average molecular weight is 297 g/mol. The number of benzene rings is 2. The number of fused-ring (bicyclic) bond motifs is 1. The lowest BCUT2D eigenvalue weighted by molar-refractivity contribution is -0.138. The largest absolute Gasteiger partial charge is 0.508 e. The summed E-state index contributed by atoms with van der Waals surface area (Å²) in [7, 11) is 0. The lowest BCUT2D eigenvalue weighted by Crippen LogP contribution is -2.30. The molecular weight excluding hydrogens is 282 g/mol. The minimum Gasteiger partial charge on any atom is -0.508 e. The Hall–Kier alpha value is -2.82. The van der Waals surface area contributed by atoms with Gasteiger partial charge in [0.1, 0.15) is 5.75 Å². The van der Waals surface area contributed by atoms with E-state index in [0.29, 0.717) is 17.7 Å². The van der Waals surface area contributed by atoms with Gasteiger partial charge in [-0.3, -0.25) is 9.59 Å². The minimum absolute atomic E-state index is 0.105. The molecule has 3 rings (SSSR count). The molecule has 0 radical (unpaired) electrons. The van der Waals surface area contributed by atoms with E-state index in [1.54, 1.807) is 29.2 Å². The van der Waals surface area contributed by atoms with Gasteiger partial charge in [0.2, 0.25) is 0 Å². The average Bonchev–Trinajstić information content (AvgIpc) is 2.83. The van der Waals surface area contributed by atoms with Crippen LogP contribution in [-0.2, 0) is 11.3 Å². The van der Waals surface area contributed by atoms with Gasteiger partial charge in [-0.25, -0.2) is 0 Å². The van der Waals surface area contributed by atoms with E-state index in [0.717, 1.165) is 5.56 Å². The zero-order valence-corrected chi connectivity index (χ0v) is 11.8. The van der Waals surface area contributed by atoms with Crippen LogP contribution < -0.4 is 0 Å². The molecule has 1 heterocycles. The zero-order chi connectivity index (χ0) is 15.7. The summed E-state index contributed by atoms with van der Waals surface area (Å²) in [6.07, 6.45) is -0.176. The Morgan fingerprint density at radius 3 is 2.45 bits per heavy atom. The van der Waals surface area contributed by atoms with Crippen molar-refractivity contribution in [3.63, 3.8) is 0 Å². The van der Waals surface area contributed by atoms with Gasteiger partial charge < -0.3 is 15.1 Å². The summed E-state index contributed by atoms with van der Waals surface area (Å²) in [5.74, 6) is -1.02. The normalized spacial score (nSPS) is 14.7. The van der Waals surface area contributed by atoms with Gasteiger partial charge in [-0.2, -0.15) is 0 Å². The first-order valence-electron chi connectivity index (χ1n) is 6.96. The predicted molar refractivity (Wildman–Crippen MR) is 79.4 cm³/mol. The molecule has 0 saturated carbocycles. The molecule has 2 aromatic carbocycles. The second-order valence-corrected chi connectivity index (χ2v) is 5.30. The first kappa shape index (κ1) is 14.1. The lowest BCUT2D eigenvalue weighted by atomic mass is 10.0. The number of carboxylic acids is 1. The van der Waals surface area contributed by atoms with E-state index in [4.69, 9.17) is 0 Å². The van der Waals surface area contributed by atoms with Crippen molar-refractivity contribution in [1.82, 2.24) is 4.90 Å². The Labute approximate surface area is 127 Å². The van der Waals surface area contributed by atoms with E-state index >= 15 is 0 Å². The number of nitrogens with zero attached hydrogens (tertiary/aromatic N) is 1. The first-order valence-corrected chi connectivity index (χ1v) is 6.96. The highest BCUT2D eigenvalue weighted by atomic mass is 16.4. The van der Waals surface area contributed by atoms with Crippen LogP contribution in [0.1, 0.15) is 33.9 Å². The SMILES string of the molecule is O=C(O)C[C@@H](c1ccc(O)cc1)N1Cc2ccccc2C1=O. The molecule has 0 unspecified atom stereocenters. The molecule has 0 spiro atoms. The Morgan fingerprint density at radius 1 is 1.14 bits per heavy atom. The third kappa shape index (κ3) is 2.53. The molecule has 1 amide bonds. The molecule has 1 aliphatic heterocycles. The highest BCUT2D eigenvalue weighted by Gasteiger charge is 2.34. The Balaban J connectivity index is 1.96. The molecule has 1 aliphatic rings. The van der Waals surface area contributed by atoms with Gasteiger partial charge in [-0.1, -0.05) is 30.3 Å². The maximum absolute atomic E-state index is 12.5. The summed E-state index contributed by atoms with van der Waals surface area (Å²) in [5, 5.41) is 18.6. The van der Waals surface area contributed by atoms with Gasteiger partial charge in [0.15, 0.2) is 0 Å². The molecule has 0 aromatic heterocycles. The van der Waals surface area contributed by atoms with Crippen molar-refractivity contribution >= 4 is 11.9 Å². The molecule has 5 heteroatoms. The number of rotatable bonds is 4. The Kier molecular flexibility index (Phi) is 3.55. The van der Waals surface area contributed by atoms with Crippen molar-refractivity contribution < 1.29 is 19.8 Å². The molecule has 2 aromatic rings. The number of aromatic hydroxyl groups is 1. The second kappa shape index (κ2) is 5.52. The van der Waals surface area contributed by atoms with Crippen molar-refractivity contribution in [3.05, 3.63) is 65.2 Å². The number of amides is 1. The monoisotopic (exact) mass is 297 g/mol. The number of carbonyl (C=O) groups is 2. The van der Waals surface area contributed by atoms with Gasteiger partial charge in [0.25, 0.3) is 5.91 Å². The number of hydrogen-bond acceptors (Lipinski definition) is 3. The van der Waals surface area contributed by atoms with Crippen molar-refractivity contribution in [2.45, 2.75) is 19.0 Å². The summed E-state index contributed by atoms with van der Waals surface area (Å²) in [5.41, 5.74) is 2.22. The second-order valence-electron chi connectivity index (χ2n) is 5.30. The van der Waals surface area contributed by atoms with Crippen LogP contribution in [0.2, 0.25) is 0 Å². The molecule has 22 heavy (non-hydrogen) atoms. The van der Waals surface area contributed by atoms with Gasteiger partial charge >= 0.3 is 5.97 Å². The molecule has 112 valence electrons. The van der Waals surface area contributed by atoms with Crippen molar-refractivity contribution in [2.24, 2.45) is 0 Å². The number of carboxylic acid groups (broad SMARTS) is 1. The molecule has 0 fully saturated rings. The van der Waals surface area contributed by atoms with Crippen molar-refractivity contribution in [3.8, 4) is 5.75 Å². The third-order valence-electron chi connectivity index (χ3n) is 3.87. The van der Waals surface area contributed by atoms with Crippen LogP contribution >= 0.6 is 0 Å². The van der Waals surface area contributed by atoms with Gasteiger partial charge in [0, 0.05) is 12.1 Å². The lowest BCUT2D eigenvalue weighted by Gasteiger charge is -2.27. The van der Waals surface area contributed by atoms with Crippen LogP contribution in [0.5, 0.6) is 5.75 Å². The van der Waals surface area contributed by atoms with Gasteiger partial charge in [-0.05, 0) is 29.3 Å². The molecule has 0 saturated heterocycles. The Morgan fingerprint density at radius 2 is 1.82 bits per heavy atom. The highest BCUT2D eigenvalue weighted by Crippen LogP contribution is 2.33. The smallest absolute Gasteiger partial charge is 0.305 e. The molecule has 2 N–H and O–H groups in total. The molecule has 0 aliphatic carbocycles. The van der Waals surface area contributed by atoms with Gasteiger partial charge in [0.05, 0.1) is 12.5 Å². The number of carbonyl (C=O) groups excluding carboxylic acids is 1. The predicted octanol–water partition coefficient (Wildman–Crippen LogP) is 2.56. The quantitative estimate of drug-likeness (QED) is 0.909. The van der Waals surface area contributed by atoms with E-state index in [9.17, 15) is 19.8 Å². The van der Waals surface area contributed by atoms with Crippen LogP contribution in [0, 0.1) is 0 Å². The van der Waals surface area contributed by atoms with E-state index in [1.165, 1.54) is 12.1 Å². The maximum Gasteiger partial charge on any atom is 0.305 e. The number of phenolic OH excluding ortho intramolecular Hbond substituents is 1. The maximum atomic E-state index is 12.5. The van der Waals surface area contributed by atoms with Crippen LogP contribution in [-0.4, -0.2) is 27.0 Å². The van der Waals surface area contributed by atoms with E-state index in [2.05, 4.69) is 0 Å². The van der Waals surface area contributed by atoms with Crippen LogP contribution in [0.15, 0.2) is 48.5 Å². The Bertz CT molecular complexity index is 724.